The number of aromatic nitrogens is 2. The van der Waals surface area contributed by atoms with E-state index < -0.39 is 0 Å². The first kappa shape index (κ1) is 18.5. The van der Waals surface area contributed by atoms with E-state index in [2.05, 4.69) is 21.8 Å². The molecule has 0 atom stereocenters. The Morgan fingerprint density at radius 3 is 2.58 bits per heavy atom. The zero-order chi connectivity index (χ0) is 18.4. The number of hydrogen-bond donors (Lipinski definition) is 1. The maximum Gasteiger partial charge on any atom is 0.276 e. The number of carbonyl (C=O) groups is 2. The van der Waals surface area contributed by atoms with Gasteiger partial charge in [-0.25, -0.2) is 0 Å². The number of benzene rings is 1. The fourth-order valence-corrected chi connectivity index (χ4v) is 3.76. The Kier molecular flexibility index (Phi) is 6.33. The molecular formula is C19H24N4O2S. The highest BCUT2D eigenvalue weighted by molar-refractivity contribution is 7.03. The van der Waals surface area contributed by atoms with Gasteiger partial charge in [0.15, 0.2) is 5.69 Å². The molecule has 2 aromatic rings. The van der Waals surface area contributed by atoms with Gasteiger partial charge in [0.25, 0.3) is 5.91 Å². The number of nitrogens with zero attached hydrogens (tertiary/aromatic N) is 3. The van der Waals surface area contributed by atoms with E-state index in [4.69, 9.17) is 0 Å². The second kappa shape index (κ2) is 8.89. The van der Waals surface area contributed by atoms with Crippen LogP contribution < -0.4 is 5.32 Å². The largest absolute Gasteiger partial charge is 0.350 e. The third-order valence-corrected chi connectivity index (χ3v) is 5.42. The molecule has 1 aliphatic carbocycles. The summed E-state index contributed by atoms with van der Waals surface area (Å²) in [6.07, 6.45) is 4.01. The van der Waals surface area contributed by atoms with Crippen LogP contribution in [0.3, 0.4) is 0 Å². The molecule has 1 fully saturated rings. The fraction of sp³-hybridized carbons (Fsp3) is 0.474. The minimum absolute atomic E-state index is 0.0578. The number of hydrogen-bond acceptors (Lipinski definition) is 5. The lowest BCUT2D eigenvalue weighted by molar-refractivity contribution is -0.122. The molecule has 1 aromatic carbocycles. The maximum absolute atomic E-state index is 12.8. The second-order valence-electron chi connectivity index (χ2n) is 6.90. The molecule has 0 saturated heterocycles. The smallest absolute Gasteiger partial charge is 0.276 e. The summed E-state index contributed by atoms with van der Waals surface area (Å²) in [6.45, 7) is 2.75. The molecule has 6 nitrogen and oxygen atoms in total. The monoisotopic (exact) mass is 372 g/mol. The van der Waals surface area contributed by atoms with Crippen LogP contribution >= 0.6 is 11.5 Å². The van der Waals surface area contributed by atoms with Crippen molar-refractivity contribution in [1.82, 2.24) is 19.8 Å². The fourth-order valence-electron chi connectivity index (χ4n) is 3.33. The Hall–Kier alpha value is -2.28. The predicted molar refractivity (Wildman–Crippen MR) is 101 cm³/mol. The Balaban J connectivity index is 1.64. The maximum atomic E-state index is 12.8. The number of carbonyl (C=O) groups excluding carboxylic acids is 2. The molecule has 3 rings (SSSR count). The third kappa shape index (κ3) is 4.88. The highest BCUT2D eigenvalue weighted by atomic mass is 32.1. The lowest BCUT2D eigenvalue weighted by Gasteiger charge is -2.35. The van der Waals surface area contributed by atoms with E-state index in [1.165, 1.54) is 0 Å². The van der Waals surface area contributed by atoms with Gasteiger partial charge in [-0.15, -0.1) is 5.10 Å². The molecule has 138 valence electrons. The van der Waals surface area contributed by atoms with Crippen molar-refractivity contribution in [2.75, 3.05) is 6.54 Å². The molecule has 7 heteroatoms. The molecule has 1 aliphatic rings. The molecule has 1 saturated carbocycles. The summed E-state index contributed by atoms with van der Waals surface area (Å²) < 4.78 is 3.78. The second-order valence-corrected chi connectivity index (χ2v) is 7.51. The molecule has 0 radical (unpaired) electrons. The van der Waals surface area contributed by atoms with Gasteiger partial charge < -0.3 is 10.2 Å². The zero-order valence-corrected chi connectivity index (χ0v) is 15.7. The van der Waals surface area contributed by atoms with Gasteiger partial charge in [-0.2, -0.15) is 0 Å². The normalized spacial score (nSPS) is 19.7. The van der Waals surface area contributed by atoms with Crippen LogP contribution in [0.5, 0.6) is 0 Å². The van der Waals surface area contributed by atoms with E-state index in [1.807, 2.05) is 30.3 Å². The third-order valence-electron chi connectivity index (χ3n) is 4.91. The van der Waals surface area contributed by atoms with E-state index in [0.29, 0.717) is 18.2 Å². The first-order valence-corrected chi connectivity index (χ1v) is 9.86. The quantitative estimate of drug-likeness (QED) is 0.846. The van der Waals surface area contributed by atoms with E-state index in [1.54, 1.807) is 10.3 Å². The van der Waals surface area contributed by atoms with Crippen LogP contribution in [-0.4, -0.2) is 38.9 Å². The first-order valence-electron chi connectivity index (χ1n) is 9.02. The first-order chi connectivity index (χ1) is 12.6. The van der Waals surface area contributed by atoms with Gasteiger partial charge in [-0.05, 0) is 48.7 Å². The Labute approximate surface area is 157 Å². The van der Waals surface area contributed by atoms with Crippen LogP contribution in [0, 0.1) is 5.92 Å². The van der Waals surface area contributed by atoms with Gasteiger partial charge in [-0.1, -0.05) is 41.7 Å². The summed E-state index contributed by atoms with van der Waals surface area (Å²) in [6, 6.07) is 9.84. The topological polar surface area (TPSA) is 75.2 Å². The van der Waals surface area contributed by atoms with Gasteiger partial charge in [-0.3, -0.25) is 9.59 Å². The van der Waals surface area contributed by atoms with Crippen LogP contribution in [0.2, 0.25) is 0 Å². The minimum Gasteiger partial charge on any atom is -0.350 e. The summed E-state index contributed by atoms with van der Waals surface area (Å²) in [5.74, 6) is 0.327. The summed E-state index contributed by atoms with van der Waals surface area (Å²) in [7, 11) is 0. The average molecular weight is 372 g/mol. The van der Waals surface area contributed by atoms with Crippen molar-refractivity contribution in [2.24, 2.45) is 5.92 Å². The zero-order valence-electron chi connectivity index (χ0n) is 14.9. The average Bonchev–Trinajstić information content (AvgIpc) is 3.20. The number of rotatable bonds is 6. The van der Waals surface area contributed by atoms with Crippen molar-refractivity contribution in [3.05, 3.63) is 47.0 Å². The van der Waals surface area contributed by atoms with Gasteiger partial charge in [0.05, 0.1) is 0 Å². The standard InChI is InChI=1S/C19H24N4O2S/c1-14-7-9-16(10-8-14)23(19(25)17-13-26-22-21-17)12-18(24)20-11-15-5-3-2-4-6-15/h2-6,13-14,16H,7-12H2,1H3,(H,20,24). The van der Waals surface area contributed by atoms with Crippen molar-refractivity contribution < 1.29 is 9.59 Å². The van der Waals surface area contributed by atoms with E-state index in [9.17, 15) is 9.59 Å². The summed E-state index contributed by atoms with van der Waals surface area (Å²) in [5.41, 5.74) is 1.36. The van der Waals surface area contributed by atoms with E-state index in [-0.39, 0.29) is 24.4 Å². The SMILES string of the molecule is CC1CCC(N(CC(=O)NCc2ccccc2)C(=O)c2csnn2)CC1. The molecule has 1 heterocycles. The molecule has 0 spiro atoms. The summed E-state index contributed by atoms with van der Waals surface area (Å²) >= 11 is 1.15. The van der Waals surface area contributed by atoms with Crippen molar-refractivity contribution in [3.63, 3.8) is 0 Å². The molecule has 26 heavy (non-hydrogen) atoms. The molecule has 0 bridgehead atoms. The van der Waals surface area contributed by atoms with E-state index in [0.717, 1.165) is 42.8 Å². The van der Waals surface area contributed by atoms with Crippen molar-refractivity contribution in [1.29, 1.82) is 0 Å². The Morgan fingerprint density at radius 2 is 1.92 bits per heavy atom. The number of amides is 2. The van der Waals surface area contributed by atoms with Crippen LogP contribution in [0.25, 0.3) is 0 Å². The summed E-state index contributed by atoms with van der Waals surface area (Å²) in [5, 5.41) is 8.45. The molecular weight excluding hydrogens is 348 g/mol. The van der Waals surface area contributed by atoms with Crippen molar-refractivity contribution in [2.45, 2.75) is 45.2 Å². The Morgan fingerprint density at radius 1 is 1.19 bits per heavy atom. The van der Waals surface area contributed by atoms with Crippen molar-refractivity contribution >= 4 is 23.3 Å². The highest BCUT2D eigenvalue weighted by Gasteiger charge is 2.30. The molecule has 1 N–H and O–H groups in total. The van der Waals surface area contributed by atoms with Gasteiger partial charge in [0, 0.05) is 18.0 Å². The van der Waals surface area contributed by atoms with Gasteiger partial charge in [0.1, 0.15) is 6.54 Å². The van der Waals surface area contributed by atoms with E-state index >= 15 is 0 Å². The van der Waals surface area contributed by atoms with Gasteiger partial charge >= 0.3 is 0 Å². The molecule has 0 unspecified atom stereocenters. The van der Waals surface area contributed by atoms with Crippen LogP contribution in [0.1, 0.15) is 48.7 Å². The molecule has 2 amide bonds. The molecule has 0 aliphatic heterocycles. The minimum atomic E-state index is -0.201. The lowest BCUT2D eigenvalue weighted by atomic mass is 9.86. The highest BCUT2D eigenvalue weighted by Crippen LogP contribution is 2.27. The number of nitrogens with one attached hydrogen (secondary N) is 1. The molecule has 1 aromatic heterocycles. The van der Waals surface area contributed by atoms with Gasteiger partial charge in [0.2, 0.25) is 5.91 Å². The Bertz CT molecular complexity index is 712. The summed E-state index contributed by atoms with van der Waals surface area (Å²) in [4.78, 5) is 27.0. The van der Waals surface area contributed by atoms with Crippen LogP contribution in [0.4, 0.5) is 0 Å². The van der Waals surface area contributed by atoms with Crippen molar-refractivity contribution in [3.8, 4) is 0 Å². The van der Waals surface area contributed by atoms with Crippen LogP contribution in [-0.2, 0) is 11.3 Å². The van der Waals surface area contributed by atoms with Crippen LogP contribution in [0.15, 0.2) is 35.7 Å². The lowest BCUT2D eigenvalue weighted by Crippen LogP contribution is -2.47. The predicted octanol–water partition coefficient (Wildman–Crippen LogP) is 2.88.